The number of aliphatic hydroxyl groups is 1. The van der Waals surface area contributed by atoms with Gasteiger partial charge in [-0.15, -0.1) is 22.7 Å². The van der Waals surface area contributed by atoms with Crippen molar-refractivity contribution in [3.05, 3.63) is 68.3 Å². The maximum atomic E-state index is 13.6. The number of aromatic nitrogens is 2. The lowest BCUT2D eigenvalue weighted by atomic mass is 9.95. The zero-order valence-corrected chi connectivity index (χ0v) is 20.0. The molecular formula is C23H24N4O3S2. The molecule has 0 bridgehead atoms. The Morgan fingerprint density at radius 1 is 1.19 bits per heavy atom. The lowest BCUT2D eigenvalue weighted by Gasteiger charge is -2.26. The third-order valence-corrected chi connectivity index (χ3v) is 7.37. The lowest BCUT2D eigenvalue weighted by Crippen LogP contribution is -2.31. The number of aryl methyl sites for hydroxylation is 2. The van der Waals surface area contributed by atoms with Crippen molar-refractivity contribution >= 4 is 45.2 Å². The van der Waals surface area contributed by atoms with Crippen LogP contribution in [0.15, 0.2) is 47.2 Å². The number of hydrogen-bond acceptors (Lipinski definition) is 8. The van der Waals surface area contributed by atoms with Crippen LogP contribution >= 0.6 is 22.7 Å². The van der Waals surface area contributed by atoms with Crippen molar-refractivity contribution in [2.45, 2.75) is 33.7 Å². The molecule has 7 nitrogen and oxygen atoms in total. The molecule has 1 aromatic carbocycles. The zero-order valence-electron chi connectivity index (χ0n) is 18.3. The normalized spacial score (nSPS) is 16.2. The molecule has 0 fully saturated rings. The minimum Gasteiger partial charge on any atom is -0.503 e. The number of nitrogens with zero attached hydrogens (tertiary/aromatic N) is 4. The van der Waals surface area contributed by atoms with Crippen LogP contribution < -0.4 is 9.80 Å². The van der Waals surface area contributed by atoms with Gasteiger partial charge in [0.05, 0.1) is 27.2 Å². The van der Waals surface area contributed by atoms with Gasteiger partial charge in [-0.1, -0.05) is 12.1 Å². The van der Waals surface area contributed by atoms with Crippen LogP contribution in [0.4, 0.5) is 10.8 Å². The molecule has 9 heteroatoms. The third-order valence-electron chi connectivity index (χ3n) is 5.53. The van der Waals surface area contributed by atoms with Gasteiger partial charge in [0.15, 0.2) is 10.9 Å². The lowest BCUT2D eigenvalue weighted by molar-refractivity contribution is -0.117. The Kier molecular flexibility index (Phi) is 6.12. The monoisotopic (exact) mass is 468 g/mol. The number of benzene rings is 1. The summed E-state index contributed by atoms with van der Waals surface area (Å²) in [7, 11) is 0. The molecule has 1 aliphatic rings. The van der Waals surface area contributed by atoms with Crippen LogP contribution in [0.3, 0.4) is 0 Å². The van der Waals surface area contributed by atoms with Crippen molar-refractivity contribution in [1.82, 2.24) is 9.97 Å². The second kappa shape index (κ2) is 8.84. The maximum Gasteiger partial charge on any atom is 0.296 e. The van der Waals surface area contributed by atoms with E-state index in [2.05, 4.69) is 28.7 Å². The Hall–Kier alpha value is -3.04. The predicted molar refractivity (Wildman–Crippen MR) is 128 cm³/mol. The topological polar surface area (TPSA) is 86.6 Å². The van der Waals surface area contributed by atoms with Gasteiger partial charge in [0.1, 0.15) is 0 Å². The molecule has 166 valence electrons. The van der Waals surface area contributed by atoms with E-state index in [1.54, 1.807) is 18.5 Å². The van der Waals surface area contributed by atoms with Crippen molar-refractivity contribution in [3.8, 4) is 0 Å². The summed E-state index contributed by atoms with van der Waals surface area (Å²) >= 11 is 2.55. The van der Waals surface area contributed by atoms with Gasteiger partial charge in [-0.3, -0.25) is 14.5 Å². The molecule has 32 heavy (non-hydrogen) atoms. The third kappa shape index (κ3) is 3.71. The number of rotatable bonds is 7. The molecule has 1 unspecified atom stereocenters. The first-order valence-electron chi connectivity index (χ1n) is 10.4. The average Bonchev–Trinajstić information content (AvgIpc) is 3.48. The quantitative estimate of drug-likeness (QED) is 0.499. The Labute approximate surface area is 194 Å². The first kappa shape index (κ1) is 22.2. The van der Waals surface area contributed by atoms with E-state index < -0.39 is 17.7 Å². The van der Waals surface area contributed by atoms with E-state index in [1.807, 2.05) is 31.2 Å². The number of amides is 1. The molecular weight excluding hydrogens is 444 g/mol. The summed E-state index contributed by atoms with van der Waals surface area (Å²) in [4.78, 5) is 39.3. The number of carbonyl (C=O) groups is 2. The van der Waals surface area contributed by atoms with E-state index in [1.165, 1.54) is 27.6 Å². The largest absolute Gasteiger partial charge is 0.503 e. The van der Waals surface area contributed by atoms with Crippen molar-refractivity contribution in [2.24, 2.45) is 0 Å². The van der Waals surface area contributed by atoms with E-state index >= 15 is 0 Å². The van der Waals surface area contributed by atoms with Gasteiger partial charge in [0.2, 0.25) is 5.78 Å². The number of thiazole rings is 2. The van der Waals surface area contributed by atoms with Gasteiger partial charge in [0, 0.05) is 30.4 Å². The summed E-state index contributed by atoms with van der Waals surface area (Å²) in [6.07, 6.45) is 1.60. The number of hydrogen-bond donors (Lipinski definition) is 1. The molecule has 1 amide bonds. The van der Waals surface area contributed by atoms with Crippen LogP contribution in [0.2, 0.25) is 0 Å². The highest BCUT2D eigenvalue weighted by Gasteiger charge is 2.46. The number of Topliss-reactive ketones (excluding diaryl/α,β-unsaturated/α-hetero) is 1. The van der Waals surface area contributed by atoms with E-state index in [9.17, 15) is 14.7 Å². The zero-order chi connectivity index (χ0) is 23.0. The molecule has 1 aliphatic heterocycles. The molecule has 3 heterocycles. The fourth-order valence-corrected chi connectivity index (χ4v) is 5.55. The highest BCUT2D eigenvalue weighted by Crippen LogP contribution is 2.43. The first-order chi connectivity index (χ1) is 15.4. The fraction of sp³-hybridized carbons (Fsp3) is 0.304. The molecule has 0 aliphatic carbocycles. The standard InChI is InChI=1S/C23H24N4O3S2/c1-5-26(6-2)16-9-7-15(8-10-16)18-17(19(28)21-13(3)25-14(4)32-21)20(29)22(30)27(18)23-24-11-12-31-23/h7-12,18,29H,5-6H2,1-4H3. The van der Waals surface area contributed by atoms with Gasteiger partial charge in [-0.2, -0.15) is 0 Å². The summed E-state index contributed by atoms with van der Waals surface area (Å²) in [6.45, 7) is 9.52. The molecule has 0 saturated carbocycles. The van der Waals surface area contributed by atoms with Crippen LogP contribution in [-0.4, -0.2) is 39.9 Å². The molecule has 0 radical (unpaired) electrons. The van der Waals surface area contributed by atoms with E-state index in [4.69, 9.17) is 0 Å². The highest BCUT2D eigenvalue weighted by molar-refractivity contribution is 7.14. The first-order valence-corrected chi connectivity index (χ1v) is 12.1. The van der Waals surface area contributed by atoms with Gasteiger partial charge in [-0.25, -0.2) is 9.97 Å². The van der Waals surface area contributed by atoms with Crippen LogP contribution in [0, 0.1) is 13.8 Å². The second-order valence-electron chi connectivity index (χ2n) is 7.40. The van der Waals surface area contributed by atoms with Gasteiger partial charge in [-0.05, 0) is 45.4 Å². The summed E-state index contributed by atoms with van der Waals surface area (Å²) in [5.74, 6) is -1.54. The van der Waals surface area contributed by atoms with E-state index in [0.717, 1.165) is 29.3 Å². The van der Waals surface area contributed by atoms with Crippen LogP contribution in [0.5, 0.6) is 0 Å². The van der Waals surface area contributed by atoms with Crippen molar-refractivity contribution in [1.29, 1.82) is 0 Å². The molecule has 4 rings (SSSR count). The number of anilines is 2. The molecule has 0 saturated heterocycles. The Balaban J connectivity index is 1.83. The minimum absolute atomic E-state index is 0.0625. The SMILES string of the molecule is CCN(CC)c1ccc(C2C(C(=O)c3sc(C)nc3C)=C(O)C(=O)N2c2nccs2)cc1. The van der Waals surface area contributed by atoms with Crippen LogP contribution in [0.25, 0.3) is 0 Å². The van der Waals surface area contributed by atoms with Gasteiger partial charge in [0.25, 0.3) is 5.91 Å². The Bertz CT molecular complexity index is 1180. The van der Waals surface area contributed by atoms with Gasteiger partial charge < -0.3 is 10.0 Å². The van der Waals surface area contributed by atoms with Crippen LogP contribution in [-0.2, 0) is 4.79 Å². The summed E-state index contributed by atoms with van der Waals surface area (Å²) in [5.41, 5.74) is 2.44. The maximum absolute atomic E-state index is 13.6. The summed E-state index contributed by atoms with van der Waals surface area (Å²) in [5, 5.41) is 13.8. The molecule has 1 atom stereocenters. The number of ketones is 1. The smallest absolute Gasteiger partial charge is 0.296 e. The van der Waals surface area contributed by atoms with Crippen LogP contribution in [0.1, 0.15) is 45.8 Å². The predicted octanol–water partition coefficient (Wildman–Crippen LogP) is 4.85. The van der Waals surface area contributed by atoms with Crippen molar-refractivity contribution < 1.29 is 14.7 Å². The minimum atomic E-state index is -0.770. The Morgan fingerprint density at radius 2 is 1.88 bits per heavy atom. The number of aliphatic hydroxyl groups excluding tert-OH is 1. The summed E-state index contributed by atoms with van der Waals surface area (Å²) < 4.78 is 0. The molecule has 2 aromatic heterocycles. The molecule has 1 N–H and O–H groups in total. The van der Waals surface area contributed by atoms with Crippen molar-refractivity contribution in [3.63, 3.8) is 0 Å². The van der Waals surface area contributed by atoms with E-state index in [-0.39, 0.29) is 11.4 Å². The molecule has 3 aromatic rings. The second-order valence-corrected chi connectivity index (χ2v) is 9.47. The van der Waals surface area contributed by atoms with Gasteiger partial charge >= 0.3 is 0 Å². The summed E-state index contributed by atoms with van der Waals surface area (Å²) in [6, 6.07) is 7.00. The fourth-order valence-electron chi connectivity index (χ4n) is 4.01. The van der Waals surface area contributed by atoms with E-state index in [0.29, 0.717) is 15.7 Å². The van der Waals surface area contributed by atoms with Crippen molar-refractivity contribution in [2.75, 3.05) is 22.9 Å². The molecule has 0 spiro atoms. The highest BCUT2D eigenvalue weighted by atomic mass is 32.1. The number of carbonyl (C=O) groups excluding carboxylic acids is 2. The average molecular weight is 469 g/mol. The Morgan fingerprint density at radius 3 is 2.41 bits per heavy atom.